The van der Waals surface area contributed by atoms with Crippen molar-refractivity contribution < 1.29 is 14.6 Å². The number of aliphatic hydroxyl groups is 1. The number of benzene rings is 2. The van der Waals surface area contributed by atoms with E-state index >= 15 is 0 Å². The molecular weight excluding hydrogens is 408 g/mol. The molecule has 6 heteroatoms. The SMILES string of the molecule is Cc1cccc(OCC(O)CNC(=O)Cn2c(C)c(Br)c3ccccc32)c1. The van der Waals surface area contributed by atoms with Gasteiger partial charge in [-0.15, -0.1) is 0 Å². The highest BCUT2D eigenvalue weighted by atomic mass is 79.9. The summed E-state index contributed by atoms with van der Waals surface area (Å²) >= 11 is 3.59. The van der Waals surface area contributed by atoms with Crippen LogP contribution in [-0.4, -0.2) is 34.8 Å². The highest BCUT2D eigenvalue weighted by Crippen LogP contribution is 2.30. The van der Waals surface area contributed by atoms with Gasteiger partial charge in [0.15, 0.2) is 0 Å². The lowest BCUT2D eigenvalue weighted by molar-refractivity contribution is -0.122. The summed E-state index contributed by atoms with van der Waals surface area (Å²) in [7, 11) is 0. The number of para-hydroxylation sites is 1. The number of nitrogens with zero attached hydrogens (tertiary/aromatic N) is 1. The first-order valence-electron chi connectivity index (χ1n) is 8.83. The van der Waals surface area contributed by atoms with E-state index in [1.807, 2.05) is 66.9 Å². The van der Waals surface area contributed by atoms with Crippen LogP contribution in [0.2, 0.25) is 0 Å². The van der Waals surface area contributed by atoms with Gasteiger partial charge in [0.2, 0.25) is 5.91 Å². The Labute approximate surface area is 167 Å². The number of ether oxygens (including phenoxy) is 1. The predicted octanol–water partition coefficient (Wildman–Crippen LogP) is 3.58. The molecule has 0 aliphatic rings. The Morgan fingerprint density at radius 1 is 1.22 bits per heavy atom. The minimum Gasteiger partial charge on any atom is -0.491 e. The molecule has 27 heavy (non-hydrogen) atoms. The minimum atomic E-state index is -0.774. The number of halogens is 1. The molecule has 142 valence electrons. The highest BCUT2D eigenvalue weighted by Gasteiger charge is 2.15. The maximum absolute atomic E-state index is 12.3. The van der Waals surface area contributed by atoms with Crippen molar-refractivity contribution in [2.75, 3.05) is 13.2 Å². The average molecular weight is 431 g/mol. The van der Waals surface area contributed by atoms with Crippen LogP contribution in [0.4, 0.5) is 0 Å². The predicted molar refractivity (Wildman–Crippen MR) is 110 cm³/mol. The highest BCUT2D eigenvalue weighted by molar-refractivity contribution is 9.10. The van der Waals surface area contributed by atoms with E-state index in [0.717, 1.165) is 26.6 Å². The Morgan fingerprint density at radius 3 is 2.78 bits per heavy atom. The van der Waals surface area contributed by atoms with Gasteiger partial charge < -0.3 is 19.7 Å². The molecular formula is C21H23BrN2O3. The van der Waals surface area contributed by atoms with E-state index in [-0.39, 0.29) is 25.6 Å². The summed E-state index contributed by atoms with van der Waals surface area (Å²) in [5.74, 6) is 0.556. The van der Waals surface area contributed by atoms with Crippen molar-refractivity contribution in [1.82, 2.24) is 9.88 Å². The lowest BCUT2D eigenvalue weighted by Gasteiger charge is -2.14. The van der Waals surface area contributed by atoms with Crippen LogP contribution in [0.5, 0.6) is 5.75 Å². The van der Waals surface area contributed by atoms with Crippen LogP contribution in [-0.2, 0) is 11.3 Å². The second kappa shape index (κ2) is 8.59. The monoisotopic (exact) mass is 430 g/mol. The number of aliphatic hydroxyl groups excluding tert-OH is 1. The molecule has 2 aromatic carbocycles. The van der Waals surface area contributed by atoms with E-state index in [1.165, 1.54) is 0 Å². The summed E-state index contributed by atoms with van der Waals surface area (Å²) in [6, 6.07) is 15.6. The maximum Gasteiger partial charge on any atom is 0.240 e. The number of amides is 1. The van der Waals surface area contributed by atoms with Gasteiger partial charge in [0.1, 0.15) is 25.0 Å². The number of fused-ring (bicyclic) bond motifs is 1. The zero-order valence-electron chi connectivity index (χ0n) is 15.4. The van der Waals surface area contributed by atoms with Crippen molar-refractivity contribution in [3.63, 3.8) is 0 Å². The van der Waals surface area contributed by atoms with Crippen LogP contribution in [0, 0.1) is 13.8 Å². The third kappa shape index (κ3) is 4.70. The molecule has 3 aromatic rings. The number of carbonyl (C=O) groups excluding carboxylic acids is 1. The van der Waals surface area contributed by atoms with Crippen LogP contribution in [0.1, 0.15) is 11.3 Å². The van der Waals surface area contributed by atoms with Crippen LogP contribution < -0.4 is 10.1 Å². The second-order valence-electron chi connectivity index (χ2n) is 6.59. The number of nitrogens with one attached hydrogen (secondary N) is 1. The van der Waals surface area contributed by atoms with E-state index < -0.39 is 6.10 Å². The Hall–Kier alpha value is -2.31. The molecule has 3 rings (SSSR count). The molecule has 0 aliphatic heterocycles. The van der Waals surface area contributed by atoms with Gasteiger partial charge in [-0.05, 0) is 53.5 Å². The van der Waals surface area contributed by atoms with Crippen LogP contribution >= 0.6 is 15.9 Å². The Kier molecular flexibility index (Phi) is 6.19. The average Bonchev–Trinajstić information content (AvgIpc) is 2.90. The fraction of sp³-hybridized carbons (Fsp3) is 0.286. The normalized spacial score (nSPS) is 12.1. The number of carbonyl (C=O) groups is 1. The molecule has 0 aliphatic carbocycles. The van der Waals surface area contributed by atoms with Gasteiger partial charge in [-0.1, -0.05) is 30.3 Å². The van der Waals surface area contributed by atoms with Gasteiger partial charge in [-0.2, -0.15) is 0 Å². The standard InChI is InChI=1S/C21H23BrN2O3/c1-14-6-5-7-17(10-14)27-13-16(25)11-23-20(26)12-24-15(2)21(22)18-8-3-4-9-19(18)24/h3-10,16,25H,11-13H2,1-2H3,(H,23,26). The lowest BCUT2D eigenvalue weighted by Crippen LogP contribution is -2.37. The summed E-state index contributed by atoms with van der Waals surface area (Å²) in [6.07, 6.45) is -0.774. The van der Waals surface area contributed by atoms with E-state index in [2.05, 4.69) is 21.2 Å². The van der Waals surface area contributed by atoms with E-state index in [1.54, 1.807) is 0 Å². The number of aromatic nitrogens is 1. The largest absolute Gasteiger partial charge is 0.491 e. The van der Waals surface area contributed by atoms with E-state index in [4.69, 9.17) is 4.74 Å². The Balaban J connectivity index is 1.53. The number of aryl methyl sites for hydroxylation is 1. The molecule has 5 nitrogen and oxygen atoms in total. The number of hydrogen-bond acceptors (Lipinski definition) is 3. The molecule has 0 saturated carbocycles. The molecule has 1 unspecified atom stereocenters. The molecule has 0 fully saturated rings. The second-order valence-corrected chi connectivity index (χ2v) is 7.38. The fourth-order valence-electron chi connectivity index (χ4n) is 2.98. The molecule has 2 N–H and O–H groups in total. The molecule has 0 spiro atoms. The summed E-state index contributed by atoms with van der Waals surface area (Å²) in [5, 5.41) is 13.9. The summed E-state index contributed by atoms with van der Waals surface area (Å²) in [6.45, 7) is 4.42. The van der Waals surface area contributed by atoms with Crippen molar-refractivity contribution >= 4 is 32.7 Å². The zero-order chi connectivity index (χ0) is 19.4. The first kappa shape index (κ1) is 19.5. The Morgan fingerprint density at radius 2 is 2.00 bits per heavy atom. The summed E-state index contributed by atoms with van der Waals surface area (Å²) < 4.78 is 8.53. The number of rotatable bonds is 7. The molecule has 1 aromatic heterocycles. The molecule has 1 atom stereocenters. The third-order valence-corrected chi connectivity index (χ3v) is 5.42. The molecule has 1 heterocycles. The first-order valence-corrected chi connectivity index (χ1v) is 9.62. The maximum atomic E-state index is 12.3. The minimum absolute atomic E-state index is 0.126. The molecule has 0 saturated heterocycles. The molecule has 0 bridgehead atoms. The fourth-order valence-corrected chi connectivity index (χ4v) is 3.53. The topological polar surface area (TPSA) is 63.5 Å². The van der Waals surface area contributed by atoms with Gasteiger partial charge in [-0.25, -0.2) is 0 Å². The quantitative estimate of drug-likeness (QED) is 0.601. The van der Waals surface area contributed by atoms with Crippen LogP contribution in [0.15, 0.2) is 53.0 Å². The lowest BCUT2D eigenvalue weighted by atomic mass is 10.2. The van der Waals surface area contributed by atoms with Crippen LogP contribution in [0.25, 0.3) is 10.9 Å². The van der Waals surface area contributed by atoms with Gasteiger partial charge in [0.05, 0.1) is 0 Å². The first-order chi connectivity index (χ1) is 13.0. The zero-order valence-corrected chi connectivity index (χ0v) is 17.0. The number of hydrogen-bond donors (Lipinski definition) is 2. The summed E-state index contributed by atoms with van der Waals surface area (Å²) in [4.78, 5) is 12.3. The van der Waals surface area contributed by atoms with Crippen molar-refractivity contribution in [3.05, 3.63) is 64.3 Å². The van der Waals surface area contributed by atoms with E-state index in [9.17, 15) is 9.90 Å². The summed E-state index contributed by atoms with van der Waals surface area (Å²) in [5.41, 5.74) is 3.09. The van der Waals surface area contributed by atoms with E-state index in [0.29, 0.717) is 5.75 Å². The van der Waals surface area contributed by atoms with Crippen molar-refractivity contribution in [1.29, 1.82) is 0 Å². The smallest absolute Gasteiger partial charge is 0.240 e. The van der Waals surface area contributed by atoms with Gasteiger partial charge in [0, 0.05) is 27.6 Å². The van der Waals surface area contributed by atoms with Crippen molar-refractivity contribution in [3.8, 4) is 5.75 Å². The van der Waals surface area contributed by atoms with Gasteiger partial charge in [0.25, 0.3) is 0 Å². The Bertz CT molecular complexity index is 952. The molecule has 0 radical (unpaired) electrons. The van der Waals surface area contributed by atoms with Gasteiger partial charge >= 0.3 is 0 Å². The third-order valence-electron chi connectivity index (χ3n) is 4.42. The van der Waals surface area contributed by atoms with Crippen molar-refractivity contribution in [2.45, 2.75) is 26.5 Å². The molecule has 1 amide bonds. The van der Waals surface area contributed by atoms with Crippen LogP contribution in [0.3, 0.4) is 0 Å². The van der Waals surface area contributed by atoms with Crippen molar-refractivity contribution in [2.24, 2.45) is 0 Å². The van der Waals surface area contributed by atoms with Gasteiger partial charge in [-0.3, -0.25) is 4.79 Å².